The Morgan fingerprint density at radius 2 is 1.70 bits per heavy atom. The molecule has 1 fully saturated rings. The van der Waals surface area contributed by atoms with Crippen LogP contribution in [0.2, 0.25) is 0 Å². The van der Waals surface area contributed by atoms with Crippen molar-refractivity contribution in [2.75, 3.05) is 14.8 Å². The summed E-state index contributed by atoms with van der Waals surface area (Å²) in [5.74, 6) is -0.840. The first-order valence-electron chi connectivity index (χ1n) is 8.28. The summed E-state index contributed by atoms with van der Waals surface area (Å²) in [6.45, 7) is 5.32. The fourth-order valence-corrected chi connectivity index (χ4v) is 5.85. The number of amides is 1. The van der Waals surface area contributed by atoms with Crippen molar-refractivity contribution in [2.24, 2.45) is 0 Å². The summed E-state index contributed by atoms with van der Waals surface area (Å²) in [5, 5.41) is 0. The molecule has 27 heavy (non-hydrogen) atoms. The van der Waals surface area contributed by atoms with E-state index in [4.69, 9.17) is 0 Å². The number of rotatable bonds is 4. The van der Waals surface area contributed by atoms with Crippen LogP contribution in [0.3, 0.4) is 0 Å². The van der Waals surface area contributed by atoms with E-state index < -0.39 is 26.0 Å². The number of nitrogens with one attached hydrogen (secondary N) is 1. The van der Waals surface area contributed by atoms with Crippen molar-refractivity contribution in [2.45, 2.75) is 32.1 Å². The molecule has 0 spiro atoms. The maximum Gasteiger partial charge on any atom is 0.262 e. The number of nitrogens with zero attached hydrogens (tertiary/aromatic N) is 1. The summed E-state index contributed by atoms with van der Waals surface area (Å²) in [6.07, 6.45) is -0.112. The largest absolute Gasteiger partial charge is 0.279 e. The van der Waals surface area contributed by atoms with E-state index in [1.165, 1.54) is 18.2 Å². The van der Waals surface area contributed by atoms with Crippen LogP contribution in [0.15, 0.2) is 41.3 Å². The van der Waals surface area contributed by atoms with Gasteiger partial charge >= 0.3 is 0 Å². The van der Waals surface area contributed by atoms with Crippen molar-refractivity contribution in [1.82, 2.24) is 0 Å². The van der Waals surface area contributed by atoms with Gasteiger partial charge in [-0.1, -0.05) is 23.8 Å². The number of carbonyl (C=O) groups excluding carboxylic acids is 1. The van der Waals surface area contributed by atoms with Gasteiger partial charge in [-0.3, -0.25) is 9.52 Å². The Balaban J connectivity index is 2.04. The average Bonchev–Trinajstić information content (AvgIpc) is 2.84. The lowest BCUT2D eigenvalue weighted by Gasteiger charge is -2.18. The van der Waals surface area contributed by atoms with Gasteiger partial charge < -0.3 is 0 Å². The van der Waals surface area contributed by atoms with Crippen molar-refractivity contribution >= 4 is 37.3 Å². The smallest absolute Gasteiger partial charge is 0.262 e. The number of carbonyl (C=O) groups is 1. The highest BCUT2D eigenvalue weighted by Crippen LogP contribution is 2.30. The number of anilines is 2. The molecule has 7 nitrogen and oxygen atoms in total. The Hall–Kier alpha value is -2.39. The molecule has 0 saturated carbocycles. The quantitative estimate of drug-likeness (QED) is 0.838. The van der Waals surface area contributed by atoms with E-state index in [-0.39, 0.29) is 22.8 Å². The topological polar surface area (TPSA) is 101 Å². The molecule has 0 aliphatic carbocycles. The van der Waals surface area contributed by atoms with Gasteiger partial charge in [0.05, 0.1) is 22.0 Å². The zero-order valence-electron chi connectivity index (χ0n) is 15.2. The van der Waals surface area contributed by atoms with Crippen molar-refractivity contribution < 1.29 is 21.6 Å². The molecular formula is C18H20N2O5S2. The molecule has 1 amide bonds. The lowest BCUT2D eigenvalue weighted by molar-refractivity contribution is -0.116. The molecule has 1 N–H and O–H groups in total. The van der Waals surface area contributed by atoms with E-state index in [9.17, 15) is 21.6 Å². The highest BCUT2D eigenvalue weighted by atomic mass is 32.2. The summed E-state index contributed by atoms with van der Waals surface area (Å²) in [5.41, 5.74) is 2.69. The van der Waals surface area contributed by atoms with Gasteiger partial charge in [-0.2, -0.15) is 0 Å². The Kier molecular flexibility index (Phi) is 4.77. The number of hydrogen-bond acceptors (Lipinski definition) is 5. The first-order chi connectivity index (χ1) is 12.5. The SMILES string of the molecule is Cc1ccc(NS(=O)(=O)c2cc(N3C(=O)CCS3(=O)=O)ccc2C)c(C)c1. The molecule has 9 heteroatoms. The van der Waals surface area contributed by atoms with E-state index in [1.807, 2.05) is 13.0 Å². The van der Waals surface area contributed by atoms with Crippen LogP contribution in [0.25, 0.3) is 0 Å². The Morgan fingerprint density at radius 1 is 1.00 bits per heavy atom. The van der Waals surface area contributed by atoms with Gasteiger partial charge in [-0.25, -0.2) is 21.1 Å². The normalized spacial score (nSPS) is 16.6. The fraction of sp³-hybridized carbons (Fsp3) is 0.278. The zero-order chi connectivity index (χ0) is 20.0. The summed E-state index contributed by atoms with van der Waals surface area (Å²) in [7, 11) is -7.74. The molecule has 0 unspecified atom stereocenters. The molecule has 2 aromatic rings. The summed E-state index contributed by atoms with van der Waals surface area (Å²) in [4.78, 5) is 11.9. The fourth-order valence-electron chi connectivity index (χ4n) is 3.00. The van der Waals surface area contributed by atoms with E-state index in [0.29, 0.717) is 15.6 Å². The van der Waals surface area contributed by atoms with Gasteiger partial charge in [-0.05, 0) is 50.1 Å². The molecule has 0 atom stereocenters. The van der Waals surface area contributed by atoms with Crippen LogP contribution in [0.5, 0.6) is 0 Å². The first kappa shape index (κ1) is 19.4. The van der Waals surface area contributed by atoms with Crippen LogP contribution >= 0.6 is 0 Å². The molecule has 0 radical (unpaired) electrons. The minimum absolute atomic E-state index is 0.0316. The van der Waals surface area contributed by atoms with Gasteiger partial charge in [0.1, 0.15) is 0 Å². The molecule has 3 rings (SSSR count). The lowest BCUT2D eigenvalue weighted by Crippen LogP contribution is -2.29. The summed E-state index contributed by atoms with van der Waals surface area (Å²) >= 11 is 0. The van der Waals surface area contributed by atoms with Crippen LogP contribution in [0.1, 0.15) is 23.1 Å². The number of benzene rings is 2. The van der Waals surface area contributed by atoms with Crippen LogP contribution in [-0.4, -0.2) is 28.5 Å². The highest BCUT2D eigenvalue weighted by molar-refractivity contribution is 7.94. The Bertz CT molecular complexity index is 1140. The van der Waals surface area contributed by atoms with Crippen LogP contribution in [-0.2, 0) is 24.8 Å². The molecule has 1 aliphatic heterocycles. The minimum Gasteiger partial charge on any atom is -0.279 e. The molecule has 1 heterocycles. The Morgan fingerprint density at radius 3 is 2.30 bits per heavy atom. The minimum atomic E-state index is -3.97. The van der Waals surface area contributed by atoms with Crippen LogP contribution < -0.4 is 9.03 Å². The maximum absolute atomic E-state index is 12.9. The van der Waals surface area contributed by atoms with Crippen molar-refractivity contribution in [3.63, 3.8) is 0 Å². The van der Waals surface area contributed by atoms with E-state index in [2.05, 4.69) is 4.72 Å². The second kappa shape index (κ2) is 6.65. The number of hydrogen-bond donors (Lipinski definition) is 1. The monoisotopic (exact) mass is 408 g/mol. The third-order valence-electron chi connectivity index (χ3n) is 4.40. The van der Waals surface area contributed by atoms with Gasteiger partial charge in [0.25, 0.3) is 10.0 Å². The van der Waals surface area contributed by atoms with E-state index >= 15 is 0 Å². The third-order valence-corrected chi connectivity index (χ3v) is 7.60. The van der Waals surface area contributed by atoms with Gasteiger partial charge in [0, 0.05) is 6.42 Å². The van der Waals surface area contributed by atoms with Crippen LogP contribution in [0, 0.1) is 20.8 Å². The predicted molar refractivity (Wildman–Crippen MR) is 104 cm³/mol. The molecule has 1 aliphatic rings. The van der Waals surface area contributed by atoms with Crippen LogP contribution in [0.4, 0.5) is 11.4 Å². The molecule has 0 bridgehead atoms. The zero-order valence-corrected chi connectivity index (χ0v) is 16.8. The standard InChI is InChI=1S/C18H20N2O5S2/c1-12-4-7-16(14(3)10-12)19-27(24,25)17-11-15(6-5-13(17)2)20-18(21)8-9-26(20,22)23/h4-7,10-11,19H,8-9H2,1-3H3. The predicted octanol–water partition coefficient (Wildman–Crippen LogP) is 2.48. The lowest BCUT2D eigenvalue weighted by atomic mass is 10.1. The van der Waals surface area contributed by atoms with Gasteiger partial charge in [0.15, 0.2) is 0 Å². The number of sulfonamides is 2. The van der Waals surface area contributed by atoms with E-state index in [0.717, 1.165) is 11.1 Å². The molecule has 0 aromatic heterocycles. The van der Waals surface area contributed by atoms with Gasteiger partial charge in [0.2, 0.25) is 15.9 Å². The van der Waals surface area contributed by atoms with Crippen molar-refractivity contribution in [3.05, 3.63) is 53.1 Å². The summed E-state index contributed by atoms with van der Waals surface area (Å²) in [6, 6.07) is 9.48. The first-order valence-corrected chi connectivity index (χ1v) is 11.4. The molecular weight excluding hydrogens is 388 g/mol. The maximum atomic E-state index is 12.9. The third kappa shape index (κ3) is 3.70. The molecule has 2 aromatic carbocycles. The second-order valence-electron chi connectivity index (χ2n) is 6.60. The van der Waals surface area contributed by atoms with Crippen molar-refractivity contribution in [1.29, 1.82) is 0 Å². The van der Waals surface area contributed by atoms with E-state index in [1.54, 1.807) is 26.0 Å². The van der Waals surface area contributed by atoms with Gasteiger partial charge in [-0.15, -0.1) is 0 Å². The summed E-state index contributed by atoms with van der Waals surface area (Å²) < 4.78 is 53.3. The molecule has 144 valence electrons. The average molecular weight is 409 g/mol. The highest BCUT2D eigenvalue weighted by Gasteiger charge is 2.37. The number of aryl methyl sites for hydroxylation is 3. The second-order valence-corrected chi connectivity index (χ2v) is 10.2. The Labute approximate surface area is 159 Å². The molecule has 1 saturated heterocycles. The van der Waals surface area contributed by atoms with Crippen molar-refractivity contribution in [3.8, 4) is 0 Å².